The Labute approximate surface area is 221 Å². The van der Waals surface area contributed by atoms with Gasteiger partial charge in [-0.25, -0.2) is 4.79 Å². The summed E-state index contributed by atoms with van der Waals surface area (Å²) in [6, 6.07) is 12.7. The van der Waals surface area contributed by atoms with Crippen molar-refractivity contribution >= 4 is 23.5 Å². The molecule has 0 saturated carbocycles. The summed E-state index contributed by atoms with van der Waals surface area (Å²) in [6.07, 6.45) is 0.957. The number of benzene rings is 2. The van der Waals surface area contributed by atoms with E-state index in [0.717, 1.165) is 22.8 Å². The Morgan fingerprint density at radius 2 is 1.81 bits per heavy atom. The van der Waals surface area contributed by atoms with Crippen LogP contribution in [0.2, 0.25) is 0 Å². The lowest BCUT2D eigenvalue weighted by molar-refractivity contribution is -0.138. The van der Waals surface area contributed by atoms with Crippen molar-refractivity contribution in [3.63, 3.8) is 0 Å². The summed E-state index contributed by atoms with van der Waals surface area (Å²) in [5.41, 5.74) is 4.19. The topological polar surface area (TPSA) is 94.1 Å². The van der Waals surface area contributed by atoms with E-state index in [2.05, 4.69) is 12.2 Å². The molecule has 2 N–H and O–H groups in total. The van der Waals surface area contributed by atoms with E-state index in [-0.39, 0.29) is 23.2 Å². The fourth-order valence-corrected chi connectivity index (χ4v) is 5.53. The third kappa shape index (κ3) is 5.64. The second kappa shape index (κ2) is 11.8. The van der Waals surface area contributed by atoms with Crippen molar-refractivity contribution in [3.8, 4) is 17.2 Å². The second-order valence-electron chi connectivity index (χ2n) is 9.05. The van der Waals surface area contributed by atoms with Crippen molar-refractivity contribution < 1.29 is 28.9 Å². The van der Waals surface area contributed by atoms with Crippen LogP contribution in [0.3, 0.4) is 0 Å². The Morgan fingerprint density at radius 1 is 1.08 bits per heavy atom. The summed E-state index contributed by atoms with van der Waals surface area (Å²) in [4.78, 5) is 27.1. The van der Waals surface area contributed by atoms with Crippen LogP contribution in [0.25, 0.3) is 0 Å². The quantitative estimate of drug-likeness (QED) is 0.348. The molecule has 0 saturated heterocycles. The number of esters is 1. The minimum atomic E-state index is -0.624. The van der Waals surface area contributed by atoms with Gasteiger partial charge >= 0.3 is 5.97 Å². The number of methoxy groups -OCH3 is 2. The maximum atomic E-state index is 13.7. The monoisotopic (exact) mass is 523 g/mol. The zero-order valence-corrected chi connectivity index (χ0v) is 22.4. The number of ketones is 1. The number of thioether (sulfide) groups is 1. The maximum Gasteiger partial charge on any atom is 0.336 e. The number of hydrogen-bond acceptors (Lipinski definition) is 8. The number of rotatable bonds is 9. The molecule has 0 bridgehead atoms. The number of nitrogens with one attached hydrogen (secondary N) is 1. The number of phenolic OH excluding ortho intramolecular Hbond substituents is 1. The molecule has 4 rings (SSSR count). The first kappa shape index (κ1) is 26.7. The first-order chi connectivity index (χ1) is 17.9. The smallest absolute Gasteiger partial charge is 0.336 e. The molecule has 8 heteroatoms. The summed E-state index contributed by atoms with van der Waals surface area (Å²) in [7, 11) is 3.10. The van der Waals surface area contributed by atoms with Crippen LogP contribution in [0.4, 0.5) is 0 Å². The molecule has 37 heavy (non-hydrogen) atoms. The third-order valence-corrected chi connectivity index (χ3v) is 7.70. The van der Waals surface area contributed by atoms with E-state index < -0.39 is 11.9 Å². The van der Waals surface area contributed by atoms with Crippen molar-refractivity contribution in [2.24, 2.45) is 0 Å². The maximum absolute atomic E-state index is 13.7. The predicted molar refractivity (Wildman–Crippen MR) is 144 cm³/mol. The Morgan fingerprint density at radius 3 is 2.49 bits per heavy atom. The lowest BCUT2D eigenvalue weighted by Gasteiger charge is -2.36. The van der Waals surface area contributed by atoms with Crippen LogP contribution in [0.1, 0.15) is 49.7 Å². The molecule has 1 aliphatic carbocycles. The summed E-state index contributed by atoms with van der Waals surface area (Å²) >= 11 is 1.70. The largest absolute Gasteiger partial charge is 0.504 e. The average molecular weight is 524 g/mol. The molecule has 2 aromatic rings. The molecule has 0 fully saturated rings. The van der Waals surface area contributed by atoms with Gasteiger partial charge in [0.2, 0.25) is 0 Å². The van der Waals surface area contributed by atoms with Crippen LogP contribution < -0.4 is 14.8 Å². The third-order valence-electron chi connectivity index (χ3n) is 6.84. The number of aromatic hydroxyl groups is 1. The fraction of sp³-hybridized carbons (Fsp3) is 0.379. The highest BCUT2D eigenvalue weighted by molar-refractivity contribution is 7.99. The molecule has 2 aromatic carbocycles. The Kier molecular flexibility index (Phi) is 8.48. The Hall–Kier alpha value is -3.39. The number of hydrogen-bond donors (Lipinski definition) is 2. The van der Waals surface area contributed by atoms with E-state index >= 15 is 0 Å². The van der Waals surface area contributed by atoms with Gasteiger partial charge in [0, 0.05) is 35.1 Å². The zero-order valence-electron chi connectivity index (χ0n) is 21.6. The summed E-state index contributed by atoms with van der Waals surface area (Å²) in [5, 5.41) is 13.5. The van der Waals surface area contributed by atoms with E-state index in [1.165, 1.54) is 13.2 Å². The average Bonchev–Trinajstić information content (AvgIpc) is 2.90. The van der Waals surface area contributed by atoms with E-state index in [9.17, 15) is 14.7 Å². The number of carbonyl (C=O) groups is 2. The minimum absolute atomic E-state index is 0.00651. The predicted octanol–water partition coefficient (Wildman–Crippen LogP) is 5.07. The summed E-state index contributed by atoms with van der Waals surface area (Å²) in [6.45, 7) is 4.19. The van der Waals surface area contributed by atoms with Crippen molar-refractivity contribution in [2.75, 3.05) is 32.3 Å². The van der Waals surface area contributed by atoms with Gasteiger partial charge in [0.1, 0.15) is 12.4 Å². The van der Waals surface area contributed by atoms with Crippen LogP contribution >= 0.6 is 11.8 Å². The van der Waals surface area contributed by atoms with Crippen LogP contribution in [-0.2, 0) is 14.3 Å². The highest BCUT2D eigenvalue weighted by Crippen LogP contribution is 2.47. The van der Waals surface area contributed by atoms with E-state index in [4.69, 9.17) is 14.2 Å². The van der Waals surface area contributed by atoms with E-state index in [1.54, 1.807) is 31.0 Å². The van der Waals surface area contributed by atoms with Crippen LogP contribution in [0, 0.1) is 0 Å². The molecular weight excluding hydrogens is 490 g/mol. The normalized spacial score (nSPS) is 19.3. The molecule has 2 atom stereocenters. The fourth-order valence-electron chi connectivity index (χ4n) is 5.04. The van der Waals surface area contributed by atoms with Crippen molar-refractivity contribution in [1.29, 1.82) is 0 Å². The molecule has 0 spiro atoms. The minimum Gasteiger partial charge on any atom is -0.504 e. The first-order valence-electron chi connectivity index (χ1n) is 12.4. The van der Waals surface area contributed by atoms with Gasteiger partial charge in [-0.05, 0) is 60.4 Å². The van der Waals surface area contributed by atoms with Gasteiger partial charge in [-0.15, -0.1) is 0 Å². The standard InChI is InChI=1S/C29H33NO6S/c1-5-37-13-12-36-29(33)26-17(2)30-22-14-20(18-6-9-21(34-3)10-7-18)15-24(32)28(22)27(26)19-8-11-23(31)25(16-19)35-4/h6-11,16,20,27,30-31H,5,12-15H2,1-4H3/t20-,27-/m0/s1. The Balaban J connectivity index is 1.73. The van der Waals surface area contributed by atoms with Crippen LogP contribution in [-0.4, -0.2) is 49.2 Å². The van der Waals surface area contributed by atoms with E-state index in [1.807, 2.05) is 31.2 Å². The molecular formula is C29H33NO6S. The summed E-state index contributed by atoms with van der Waals surface area (Å²) in [5.74, 6) is 1.59. The Bertz CT molecular complexity index is 1230. The number of dihydropyridines is 1. The number of phenols is 1. The molecule has 7 nitrogen and oxygen atoms in total. The van der Waals surface area contributed by atoms with Crippen molar-refractivity contribution in [1.82, 2.24) is 5.32 Å². The molecule has 0 amide bonds. The number of carbonyl (C=O) groups excluding carboxylic acids is 2. The highest BCUT2D eigenvalue weighted by atomic mass is 32.2. The molecule has 196 valence electrons. The SMILES string of the molecule is CCSCCOC(=O)C1=C(C)NC2=C(C(=O)C[C@@H](c3ccc(OC)cc3)C2)[C@H]1c1ccc(O)c(OC)c1. The lowest BCUT2D eigenvalue weighted by Crippen LogP contribution is -2.36. The van der Waals surface area contributed by atoms with Gasteiger partial charge in [-0.3, -0.25) is 4.79 Å². The van der Waals surface area contributed by atoms with Crippen molar-refractivity contribution in [3.05, 3.63) is 76.1 Å². The van der Waals surface area contributed by atoms with Gasteiger partial charge in [0.05, 0.1) is 19.8 Å². The van der Waals surface area contributed by atoms with Gasteiger partial charge in [-0.2, -0.15) is 11.8 Å². The lowest BCUT2D eigenvalue weighted by atomic mass is 9.71. The van der Waals surface area contributed by atoms with Gasteiger partial charge in [-0.1, -0.05) is 25.1 Å². The molecule has 2 aliphatic rings. The van der Waals surface area contributed by atoms with Gasteiger partial charge in [0.15, 0.2) is 17.3 Å². The van der Waals surface area contributed by atoms with E-state index in [0.29, 0.717) is 47.6 Å². The van der Waals surface area contributed by atoms with Crippen LogP contribution in [0.15, 0.2) is 65.0 Å². The molecule has 0 aromatic heterocycles. The molecule has 0 unspecified atom stereocenters. The molecule has 0 radical (unpaired) electrons. The van der Waals surface area contributed by atoms with Crippen LogP contribution in [0.5, 0.6) is 17.2 Å². The second-order valence-corrected chi connectivity index (χ2v) is 10.4. The van der Waals surface area contributed by atoms with Gasteiger partial charge < -0.3 is 24.6 Å². The number of Topliss-reactive ketones (excluding diaryl/α,β-unsaturated/α-hetero) is 1. The number of ether oxygens (including phenoxy) is 3. The highest BCUT2D eigenvalue weighted by Gasteiger charge is 2.41. The van der Waals surface area contributed by atoms with Gasteiger partial charge in [0.25, 0.3) is 0 Å². The molecule has 1 aliphatic heterocycles. The molecule has 1 heterocycles. The zero-order chi connectivity index (χ0) is 26.5. The summed E-state index contributed by atoms with van der Waals surface area (Å²) < 4.78 is 16.2. The van der Waals surface area contributed by atoms with Crippen molar-refractivity contribution in [2.45, 2.75) is 38.5 Å². The first-order valence-corrected chi connectivity index (χ1v) is 13.5. The number of allylic oxidation sites excluding steroid dienone is 3.